The van der Waals surface area contributed by atoms with Gasteiger partial charge < -0.3 is 24.8 Å². The van der Waals surface area contributed by atoms with Crippen LogP contribution in [0.2, 0.25) is 0 Å². The standard InChI is InChI=1S/C29H30FN5O3/c1-17(18-14-37-15-18)38-25-12-20(35-10-8-19(13-35)29(2,3)36)11-24-26(25)28(33-16-32-24)34-23-7-6-22-21(27(23)30)5-4-9-31-22/h4-7,9,11-12,16,18-19,36H,1,8,10,13-15H2,2-3H3,(H,32,33,34)/t19-/m1/s1. The Bertz CT molecular complexity index is 1530. The van der Waals surface area contributed by atoms with Gasteiger partial charge in [-0.3, -0.25) is 4.98 Å². The first-order valence-corrected chi connectivity index (χ1v) is 12.8. The predicted molar refractivity (Wildman–Crippen MR) is 145 cm³/mol. The second kappa shape index (κ2) is 9.49. The first kappa shape index (κ1) is 24.5. The quantitative estimate of drug-likeness (QED) is 0.325. The predicted octanol–water partition coefficient (Wildman–Crippen LogP) is 5.20. The van der Waals surface area contributed by atoms with Gasteiger partial charge in [-0.2, -0.15) is 0 Å². The van der Waals surface area contributed by atoms with Gasteiger partial charge in [-0.1, -0.05) is 6.58 Å². The molecule has 0 aliphatic carbocycles. The van der Waals surface area contributed by atoms with Crippen LogP contribution in [0.1, 0.15) is 20.3 Å². The Hall–Kier alpha value is -3.82. The highest BCUT2D eigenvalue weighted by molar-refractivity contribution is 5.98. The van der Waals surface area contributed by atoms with E-state index >= 15 is 4.39 Å². The molecule has 0 saturated carbocycles. The van der Waals surface area contributed by atoms with Gasteiger partial charge in [-0.25, -0.2) is 14.4 Å². The first-order chi connectivity index (χ1) is 18.3. The molecule has 6 rings (SSSR count). The van der Waals surface area contributed by atoms with Crippen molar-refractivity contribution in [1.82, 2.24) is 15.0 Å². The van der Waals surface area contributed by atoms with Gasteiger partial charge in [-0.05, 0) is 50.6 Å². The van der Waals surface area contributed by atoms with Gasteiger partial charge in [0.05, 0.1) is 46.8 Å². The van der Waals surface area contributed by atoms with Gasteiger partial charge in [0.1, 0.15) is 23.7 Å². The maximum absolute atomic E-state index is 15.4. The Labute approximate surface area is 220 Å². The fourth-order valence-electron chi connectivity index (χ4n) is 5.06. The minimum absolute atomic E-state index is 0.103. The molecule has 0 bridgehead atoms. The van der Waals surface area contributed by atoms with Crippen LogP contribution in [-0.2, 0) is 4.74 Å². The van der Waals surface area contributed by atoms with Crippen molar-refractivity contribution in [3.63, 3.8) is 0 Å². The summed E-state index contributed by atoms with van der Waals surface area (Å²) in [6.45, 7) is 10.5. The topological polar surface area (TPSA) is 92.6 Å². The van der Waals surface area contributed by atoms with E-state index in [0.29, 0.717) is 52.3 Å². The highest BCUT2D eigenvalue weighted by Crippen LogP contribution is 2.40. The maximum Gasteiger partial charge on any atom is 0.156 e. The van der Waals surface area contributed by atoms with Crippen molar-refractivity contribution < 1.29 is 19.0 Å². The molecule has 0 spiro atoms. The SMILES string of the molecule is C=C(Oc1cc(N2CC[C@@H](C(C)(C)O)C2)cc2ncnc(Nc3ccc4ncccc4c3F)c12)C1COC1. The number of hydrogen-bond acceptors (Lipinski definition) is 8. The van der Waals surface area contributed by atoms with Gasteiger partial charge in [0.25, 0.3) is 0 Å². The smallest absolute Gasteiger partial charge is 0.156 e. The van der Waals surface area contributed by atoms with Crippen molar-refractivity contribution >= 4 is 39.0 Å². The van der Waals surface area contributed by atoms with Gasteiger partial charge in [0.15, 0.2) is 5.82 Å². The van der Waals surface area contributed by atoms with E-state index in [1.165, 1.54) is 6.33 Å². The molecular formula is C29H30FN5O3. The number of benzene rings is 2. The van der Waals surface area contributed by atoms with Crippen molar-refractivity contribution in [2.75, 3.05) is 36.5 Å². The average molecular weight is 516 g/mol. The molecule has 4 heterocycles. The molecule has 2 aliphatic rings. The highest BCUT2D eigenvalue weighted by Gasteiger charge is 2.34. The van der Waals surface area contributed by atoms with E-state index in [4.69, 9.17) is 9.47 Å². The zero-order valence-electron chi connectivity index (χ0n) is 21.4. The molecule has 8 nitrogen and oxygen atoms in total. The second-order valence-corrected chi connectivity index (χ2v) is 10.6. The summed E-state index contributed by atoms with van der Waals surface area (Å²) in [5.74, 6) is 1.40. The largest absolute Gasteiger partial charge is 0.461 e. The lowest BCUT2D eigenvalue weighted by molar-refractivity contribution is -0.0274. The number of rotatable bonds is 7. The molecule has 2 aromatic carbocycles. The number of nitrogens with one attached hydrogen (secondary N) is 1. The molecule has 1 atom stereocenters. The lowest BCUT2D eigenvalue weighted by Crippen LogP contribution is -2.33. The summed E-state index contributed by atoms with van der Waals surface area (Å²) in [6.07, 6.45) is 3.98. The minimum Gasteiger partial charge on any atom is -0.461 e. The zero-order chi connectivity index (χ0) is 26.4. The van der Waals surface area contributed by atoms with Crippen LogP contribution in [0.5, 0.6) is 5.75 Å². The van der Waals surface area contributed by atoms with Crippen LogP contribution in [0.4, 0.5) is 21.6 Å². The Kier molecular flexibility index (Phi) is 6.12. The first-order valence-electron chi connectivity index (χ1n) is 12.8. The Balaban J connectivity index is 1.42. The number of aromatic nitrogens is 3. The summed E-state index contributed by atoms with van der Waals surface area (Å²) in [6, 6.07) is 10.8. The summed E-state index contributed by atoms with van der Waals surface area (Å²) >= 11 is 0. The molecule has 0 unspecified atom stereocenters. The lowest BCUT2D eigenvalue weighted by Gasteiger charge is -2.29. The second-order valence-electron chi connectivity index (χ2n) is 10.6. The third-order valence-corrected chi connectivity index (χ3v) is 7.55. The number of nitrogens with zero attached hydrogens (tertiary/aromatic N) is 4. The lowest BCUT2D eigenvalue weighted by atomic mass is 9.90. The molecule has 0 radical (unpaired) electrons. The van der Waals surface area contributed by atoms with Crippen LogP contribution in [0, 0.1) is 17.7 Å². The van der Waals surface area contributed by atoms with Gasteiger partial charge in [-0.15, -0.1) is 0 Å². The number of hydrogen-bond donors (Lipinski definition) is 2. The van der Waals surface area contributed by atoms with E-state index in [1.807, 2.05) is 26.0 Å². The van der Waals surface area contributed by atoms with Crippen molar-refractivity contribution in [2.24, 2.45) is 11.8 Å². The molecule has 2 saturated heterocycles. The molecule has 2 fully saturated rings. The number of anilines is 3. The summed E-state index contributed by atoms with van der Waals surface area (Å²) in [4.78, 5) is 15.5. The van der Waals surface area contributed by atoms with Crippen molar-refractivity contribution in [2.45, 2.75) is 25.9 Å². The van der Waals surface area contributed by atoms with Crippen molar-refractivity contribution in [3.05, 3.63) is 67.1 Å². The number of fused-ring (bicyclic) bond motifs is 2. The Morgan fingerprint density at radius 2 is 2.03 bits per heavy atom. The van der Waals surface area contributed by atoms with Crippen LogP contribution in [0.3, 0.4) is 0 Å². The van der Waals surface area contributed by atoms with Gasteiger partial charge >= 0.3 is 0 Å². The fraction of sp³-hybridized carbons (Fsp3) is 0.345. The zero-order valence-corrected chi connectivity index (χ0v) is 21.4. The molecule has 2 aromatic heterocycles. The van der Waals surface area contributed by atoms with Crippen molar-refractivity contribution in [1.29, 1.82) is 0 Å². The molecule has 2 aliphatic heterocycles. The average Bonchev–Trinajstić information content (AvgIpc) is 3.36. The van der Waals surface area contributed by atoms with Gasteiger partial charge in [0, 0.05) is 42.3 Å². The van der Waals surface area contributed by atoms with Crippen LogP contribution >= 0.6 is 0 Å². The molecule has 196 valence electrons. The van der Waals surface area contributed by atoms with Crippen LogP contribution in [-0.4, -0.2) is 52.0 Å². The van der Waals surface area contributed by atoms with E-state index in [2.05, 4.69) is 31.7 Å². The third-order valence-electron chi connectivity index (χ3n) is 7.55. The maximum atomic E-state index is 15.4. The number of halogens is 1. The van der Waals surface area contributed by atoms with E-state index in [0.717, 1.165) is 25.2 Å². The molecule has 9 heteroatoms. The Morgan fingerprint density at radius 3 is 2.76 bits per heavy atom. The number of aliphatic hydroxyl groups is 1. The van der Waals surface area contributed by atoms with Crippen molar-refractivity contribution in [3.8, 4) is 5.75 Å². The molecule has 4 aromatic rings. The van der Waals surface area contributed by atoms with Crippen LogP contribution in [0.25, 0.3) is 21.8 Å². The summed E-state index contributed by atoms with van der Waals surface area (Å²) < 4.78 is 27.0. The Morgan fingerprint density at radius 1 is 1.18 bits per heavy atom. The third kappa shape index (κ3) is 4.52. The normalized spacial score (nSPS) is 18.1. The molecule has 0 amide bonds. The van der Waals surface area contributed by atoms with Crippen LogP contribution in [0.15, 0.2) is 61.3 Å². The number of pyridine rings is 1. The monoisotopic (exact) mass is 515 g/mol. The van der Waals surface area contributed by atoms with Crippen LogP contribution < -0.4 is 15.0 Å². The molecular weight excluding hydrogens is 485 g/mol. The number of ether oxygens (including phenoxy) is 2. The van der Waals surface area contributed by atoms with E-state index in [9.17, 15) is 5.11 Å². The van der Waals surface area contributed by atoms with Gasteiger partial charge in [0.2, 0.25) is 0 Å². The summed E-state index contributed by atoms with van der Waals surface area (Å²) in [5, 5.41) is 14.8. The summed E-state index contributed by atoms with van der Waals surface area (Å²) in [5.41, 5.74) is 1.68. The summed E-state index contributed by atoms with van der Waals surface area (Å²) in [7, 11) is 0. The molecule has 38 heavy (non-hydrogen) atoms. The van der Waals surface area contributed by atoms with E-state index in [-0.39, 0.29) is 17.5 Å². The van der Waals surface area contributed by atoms with E-state index in [1.54, 1.807) is 30.5 Å². The highest BCUT2D eigenvalue weighted by atomic mass is 19.1. The molecule has 2 N–H and O–H groups in total. The van der Waals surface area contributed by atoms with E-state index < -0.39 is 11.4 Å². The fourth-order valence-corrected chi connectivity index (χ4v) is 5.06. The minimum atomic E-state index is -0.762.